The molecule has 0 aliphatic carbocycles. The third-order valence-electron chi connectivity index (χ3n) is 3.59. The van der Waals surface area contributed by atoms with Gasteiger partial charge in [0.05, 0.1) is 17.4 Å². The molecule has 0 spiro atoms. The van der Waals surface area contributed by atoms with Crippen molar-refractivity contribution in [3.8, 4) is 0 Å². The molecular weight excluding hydrogens is 293 g/mol. The molecule has 3 rings (SSSR count). The fraction of sp³-hybridized carbons (Fsp3) is 0.267. The number of aromatic amines is 1. The maximum atomic E-state index is 12.5. The number of H-pyrrole nitrogens is 1. The van der Waals surface area contributed by atoms with E-state index >= 15 is 0 Å². The van der Waals surface area contributed by atoms with Crippen molar-refractivity contribution in [1.29, 1.82) is 0 Å². The second kappa shape index (κ2) is 5.40. The summed E-state index contributed by atoms with van der Waals surface area (Å²) in [7, 11) is 0. The number of alkyl halides is 3. The van der Waals surface area contributed by atoms with E-state index in [2.05, 4.69) is 10.1 Å². The second-order valence-corrected chi connectivity index (χ2v) is 5.22. The number of nitrogens with zero attached hydrogens (tertiary/aromatic N) is 2. The lowest BCUT2D eigenvalue weighted by molar-refractivity contribution is -0.137. The van der Waals surface area contributed by atoms with Crippen molar-refractivity contribution >= 4 is 16.6 Å². The summed E-state index contributed by atoms with van der Waals surface area (Å²) in [6, 6.07) is 5.95. The van der Waals surface area contributed by atoms with Crippen LogP contribution in [0.1, 0.15) is 17.5 Å². The Hall–Kier alpha value is -2.44. The van der Waals surface area contributed by atoms with Gasteiger partial charge in [-0.05, 0) is 30.5 Å². The lowest BCUT2D eigenvalue weighted by Crippen LogP contribution is -2.04. The summed E-state index contributed by atoms with van der Waals surface area (Å²) in [5.41, 5.74) is 7.91. The molecule has 0 saturated carbocycles. The predicted octanol–water partition coefficient (Wildman–Crippen LogP) is 3.60. The minimum Gasteiger partial charge on any atom is -0.397 e. The molecule has 7 heteroatoms. The number of halogens is 3. The smallest absolute Gasteiger partial charge is 0.397 e. The minimum atomic E-state index is -4.34. The van der Waals surface area contributed by atoms with E-state index in [9.17, 15) is 13.2 Å². The zero-order valence-electron chi connectivity index (χ0n) is 11.7. The highest BCUT2D eigenvalue weighted by Gasteiger charge is 2.32. The van der Waals surface area contributed by atoms with E-state index in [1.807, 2.05) is 18.2 Å². The van der Waals surface area contributed by atoms with Crippen LogP contribution in [0.3, 0.4) is 0 Å². The largest absolute Gasteiger partial charge is 0.419 e. The van der Waals surface area contributed by atoms with E-state index < -0.39 is 11.7 Å². The van der Waals surface area contributed by atoms with E-state index in [1.165, 1.54) is 4.68 Å². The molecule has 0 radical (unpaired) electrons. The van der Waals surface area contributed by atoms with Crippen LogP contribution in [0.2, 0.25) is 0 Å². The first-order valence-electron chi connectivity index (χ1n) is 6.88. The van der Waals surface area contributed by atoms with E-state index in [-0.39, 0.29) is 0 Å². The number of hydrogen-bond donors (Lipinski definition) is 2. The summed E-state index contributed by atoms with van der Waals surface area (Å²) in [6.45, 7) is 0.441. The number of benzene rings is 1. The van der Waals surface area contributed by atoms with Crippen molar-refractivity contribution in [1.82, 2.24) is 14.8 Å². The Labute approximate surface area is 124 Å². The van der Waals surface area contributed by atoms with Crippen molar-refractivity contribution in [2.24, 2.45) is 0 Å². The Balaban J connectivity index is 1.62. The summed E-state index contributed by atoms with van der Waals surface area (Å²) in [4.78, 5) is 3.07. The van der Waals surface area contributed by atoms with Crippen molar-refractivity contribution in [3.05, 3.63) is 47.9 Å². The third-order valence-corrected chi connectivity index (χ3v) is 3.59. The van der Waals surface area contributed by atoms with Crippen molar-refractivity contribution in [2.45, 2.75) is 25.6 Å². The lowest BCUT2D eigenvalue weighted by Gasteiger charge is -2.04. The molecule has 3 aromatic rings. The number of nitrogens with one attached hydrogen (secondary N) is 1. The molecule has 0 aliphatic rings. The zero-order chi connectivity index (χ0) is 15.7. The summed E-state index contributed by atoms with van der Waals surface area (Å²) < 4.78 is 38.8. The van der Waals surface area contributed by atoms with Crippen LogP contribution in [-0.4, -0.2) is 14.8 Å². The Morgan fingerprint density at radius 1 is 1.27 bits per heavy atom. The highest BCUT2D eigenvalue weighted by atomic mass is 19.4. The van der Waals surface area contributed by atoms with Crippen LogP contribution in [0, 0.1) is 0 Å². The van der Waals surface area contributed by atoms with Gasteiger partial charge in [-0.3, -0.25) is 4.68 Å². The van der Waals surface area contributed by atoms with Gasteiger partial charge >= 0.3 is 6.18 Å². The molecule has 22 heavy (non-hydrogen) atoms. The summed E-state index contributed by atoms with van der Waals surface area (Å²) in [5.74, 6) is 0. The number of anilines is 1. The van der Waals surface area contributed by atoms with E-state index in [1.54, 1.807) is 6.20 Å². The molecule has 0 saturated heterocycles. The molecule has 116 valence electrons. The third kappa shape index (κ3) is 2.93. The number of aryl methyl sites for hydroxylation is 2. The number of hydrogen-bond acceptors (Lipinski definition) is 2. The number of aromatic nitrogens is 3. The van der Waals surface area contributed by atoms with Crippen LogP contribution in [0.5, 0.6) is 0 Å². The molecule has 0 fully saturated rings. The molecule has 2 heterocycles. The molecule has 0 amide bonds. The Bertz CT molecular complexity index is 786. The molecule has 0 unspecified atom stereocenters. The monoisotopic (exact) mass is 308 g/mol. The first-order valence-corrected chi connectivity index (χ1v) is 6.88. The van der Waals surface area contributed by atoms with Crippen molar-refractivity contribution in [2.75, 3.05) is 5.73 Å². The van der Waals surface area contributed by atoms with Gasteiger partial charge in [0.25, 0.3) is 0 Å². The van der Waals surface area contributed by atoms with Crippen molar-refractivity contribution in [3.63, 3.8) is 0 Å². The molecule has 2 aromatic heterocycles. The Morgan fingerprint density at radius 2 is 2.09 bits per heavy atom. The number of nitrogen functional groups attached to an aromatic ring is 1. The minimum absolute atomic E-state index is 0.441. The fourth-order valence-corrected chi connectivity index (χ4v) is 2.42. The van der Waals surface area contributed by atoms with Gasteiger partial charge in [0, 0.05) is 29.8 Å². The van der Waals surface area contributed by atoms with Gasteiger partial charge in [0.2, 0.25) is 0 Å². The molecule has 1 aromatic carbocycles. The van der Waals surface area contributed by atoms with Gasteiger partial charge in [-0.15, -0.1) is 0 Å². The topological polar surface area (TPSA) is 59.6 Å². The predicted molar refractivity (Wildman–Crippen MR) is 78.3 cm³/mol. The van der Waals surface area contributed by atoms with E-state index in [0.29, 0.717) is 18.7 Å². The number of rotatable bonds is 4. The Kier molecular flexibility index (Phi) is 3.56. The van der Waals surface area contributed by atoms with Gasteiger partial charge in [-0.2, -0.15) is 18.3 Å². The van der Waals surface area contributed by atoms with Crippen LogP contribution in [-0.2, 0) is 19.1 Å². The van der Waals surface area contributed by atoms with Crippen LogP contribution < -0.4 is 5.73 Å². The quantitative estimate of drug-likeness (QED) is 0.773. The van der Waals surface area contributed by atoms with Gasteiger partial charge in [-0.25, -0.2) is 0 Å². The van der Waals surface area contributed by atoms with Gasteiger partial charge < -0.3 is 10.7 Å². The van der Waals surface area contributed by atoms with Gasteiger partial charge in [0.1, 0.15) is 0 Å². The molecule has 0 atom stereocenters. The number of nitrogens with two attached hydrogens (primary N) is 1. The molecule has 0 aliphatic heterocycles. The highest BCUT2D eigenvalue weighted by Crippen LogP contribution is 2.28. The molecule has 0 bridgehead atoms. The van der Waals surface area contributed by atoms with Crippen molar-refractivity contribution < 1.29 is 13.2 Å². The van der Waals surface area contributed by atoms with E-state index in [0.717, 1.165) is 35.3 Å². The summed E-state index contributed by atoms with van der Waals surface area (Å²) in [5, 5.41) is 4.71. The van der Waals surface area contributed by atoms with Crippen LogP contribution in [0.25, 0.3) is 10.9 Å². The van der Waals surface area contributed by atoms with Crippen LogP contribution in [0.4, 0.5) is 18.9 Å². The molecular formula is C15H15F3N4. The summed E-state index contributed by atoms with van der Waals surface area (Å²) >= 11 is 0. The highest BCUT2D eigenvalue weighted by molar-refractivity contribution is 5.91. The molecule has 3 N–H and O–H groups in total. The number of fused-ring (bicyclic) bond motifs is 1. The normalized spacial score (nSPS) is 12.1. The first-order chi connectivity index (χ1) is 10.4. The van der Waals surface area contributed by atoms with Gasteiger partial charge in [-0.1, -0.05) is 6.07 Å². The maximum absolute atomic E-state index is 12.5. The fourth-order valence-electron chi connectivity index (χ4n) is 2.42. The maximum Gasteiger partial charge on any atom is 0.419 e. The zero-order valence-corrected chi connectivity index (χ0v) is 11.7. The van der Waals surface area contributed by atoms with Crippen LogP contribution >= 0.6 is 0 Å². The van der Waals surface area contributed by atoms with Gasteiger partial charge in [0.15, 0.2) is 0 Å². The average molecular weight is 308 g/mol. The average Bonchev–Trinajstić information content (AvgIpc) is 3.06. The molecule has 4 nitrogen and oxygen atoms in total. The van der Waals surface area contributed by atoms with Crippen LogP contribution in [0.15, 0.2) is 36.8 Å². The first kappa shape index (κ1) is 14.5. The SMILES string of the molecule is Nc1c[nH]c2ccc(CCCn3cc(C(F)(F)F)cn3)cc12. The lowest BCUT2D eigenvalue weighted by atomic mass is 10.1. The second-order valence-electron chi connectivity index (χ2n) is 5.22. The Morgan fingerprint density at radius 3 is 2.82 bits per heavy atom. The summed E-state index contributed by atoms with van der Waals surface area (Å²) in [6.07, 6.45) is 0.752. The standard InChI is InChI=1S/C15H15F3N4/c16-15(17,18)11-7-21-22(9-11)5-1-2-10-3-4-14-12(6-10)13(19)8-20-14/h3-4,6-9,20H,1-2,5,19H2. The van der Waals surface area contributed by atoms with E-state index in [4.69, 9.17) is 5.73 Å².